The summed E-state index contributed by atoms with van der Waals surface area (Å²) in [6.07, 6.45) is -3.42. The number of hydrogen-bond donors (Lipinski definition) is 1. The minimum Gasteiger partial charge on any atom is -0.284 e. The van der Waals surface area contributed by atoms with Gasteiger partial charge >= 0.3 is 6.18 Å². The van der Waals surface area contributed by atoms with Crippen molar-refractivity contribution >= 4 is 17.0 Å². The van der Waals surface area contributed by atoms with Crippen LogP contribution in [-0.4, -0.2) is 14.6 Å². The molecule has 1 N–H and O–H groups in total. The van der Waals surface area contributed by atoms with E-state index in [1.54, 1.807) is 11.4 Å². The topological polar surface area (TPSA) is 50.2 Å². The van der Waals surface area contributed by atoms with Gasteiger partial charge in [-0.15, -0.1) is 11.3 Å². The van der Waals surface area contributed by atoms with Crippen LogP contribution in [0.5, 0.6) is 0 Å². The van der Waals surface area contributed by atoms with Crippen LogP contribution in [-0.2, 0) is 6.18 Å². The van der Waals surface area contributed by atoms with Gasteiger partial charge in [0.25, 0.3) is 5.56 Å². The summed E-state index contributed by atoms with van der Waals surface area (Å²) in [6, 6.07) is 12.1. The summed E-state index contributed by atoms with van der Waals surface area (Å²) in [5.74, 6) is 0. The lowest BCUT2D eigenvalue weighted by molar-refractivity contribution is -0.140. The van der Waals surface area contributed by atoms with Gasteiger partial charge in [-0.05, 0) is 22.6 Å². The van der Waals surface area contributed by atoms with E-state index in [4.69, 9.17) is 0 Å². The summed E-state index contributed by atoms with van der Waals surface area (Å²) in [6.45, 7) is 0. The molecule has 0 spiro atoms. The highest BCUT2D eigenvalue weighted by atomic mass is 32.1. The lowest BCUT2D eigenvalue weighted by atomic mass is 10.1. The van der Waals surface area contributed by atoms with Gasteiger partial charge in [0, 0.05) is 17.1 Å². The molecule has 0 atom stereocenters. The van der Waals surface area contributed by atoms with Crippen molar-refractivity contribution in [3.8, 4) is 21.6 Å². The molecule has 4 aromatic rings. The number of fused-ring (bicyclic) bond motifs is 1. The molecule has 3 heterocycles. The second-order valence-corrected chi connectivity index (χ2v) is 6.28. The average molecular weight is 361 g/mol. The number of nitrogens with one attached hydrogen (secondary N) is 1. The van der Waals surface area contributed by atoms with Crippen LogP contribution in [0.1, 0.15) is 5.69 Å². The molecule has 0 bridgehead atoms. The summed E-state index contributed by atoms with van der Waals surface area (Å²) in [5.41, 5.74) is -0.0140. The second-order valence-electron chi connectivity index (χ2n) is 5.37. The summed E-state index contributed by atoms with van der Waals surface area (Å²) in [7, 11) is 0. The van der Waals surface area contributed by atoms with Crippen molar-refractivity contribution in [3.63, 3.8) is 0 Å². The molecule has 126 valence electrons. The molecule has 0 saturated heterocycles. The number of H-pyrrole nitrogens is 1. The molecular formula is C17H10F3N3OS. The number of aromatic amines is 1. The first-order chi connectivity index (χ1) is 11.9. The van der Waals surface area contributed by atoms with E-state index in [1.165, 1.54) is 17.5 Å². The van der Waals surface area contributed by atoms with E-state index in [2.05, 4.69) is 10.1 Å². The van der Waals surface area contributed by atoms with Gasteiger partial charge in [0.1, 0.15) is 5.69 Å². The van der Waals surface area contributed by atoms with Crippen molar-refractivity contribution in [1.82, 2.24) is 14.6 Å². The maximum absolute atomic E-state index is 13.5. The quantitative estimate of drug-likeness (QED) is 0.574. The van der Waals surface area contributed by atoms with Gasteiger partial charge in [-0.2, -0.15) is 13.2 Å². The molecule has 0 radical (unpaired) electrons. The monoisotopic (exact) mass is 361 g/mol. The molecule has 4 nitrogen and oxygen atoms in total. The third-order valence-electron chi connectivity index (χ3n) is 3.78. The summed E-state index contributed by atoms with van der Waals surface area (Å²) in [4.78, 5) is 16.2. The van der Waals surface area contributed by atoms with Crippen LogP contribution in [0.3, 0.4) is 0 Å². The summed E-state index contributed by atoms with van der Waals surface area (Å²) < 4.78 is 41.2. The zero-order valence-electron chi connectivity index (χ0n) is 12.5. The number of benzene rings is 1. The molecule has 0 aliphatic heterocycles. The SMILES string of the molecule is O=c1ccnc2c(-c3cc(-c4ccccc4)cs3)c(C(F)(F)F)[nH]n12. The molecule has 4 rings (SSSR count). The molecule has 0 unspecified atom stereocenters. The number of nitrogens with zero attached hydrogens (tertiary/aromatic N) is 2. The van der Waals surface area contributed by atoms with Crippen LogP contribution in [0.2, 0.25) is 0 Å². The fourth-order valence-corrected chi connectivity index (χ4v) is 3.62. The largest absolute Gasteiger partial charge is 0.433 e. The lowest BCUT2D eigenvalue weighted by Gasteiger charge is -2.05. The number of alkyl halides is 3. The van der Waals surface area contributed by atoms with E-state index in [0.717, 1.165) is 21.7 Å². The van der Waals surface area contributed by atoms with Crippen molar-refractivity contribution in [1.29, 1.82) is 0 Å². The number of hydrogen-bond acceptors (Lipinski definition) is 3. The minimum atomic E-state index is -4.63. The fraction of sp³-hybridized carbons (Fsp3) is 0.0588. The Morgan fingerprint density at radius 3 is 2.56 bits per heavy atom. The Labute approximate surface area is 143 Å². The van der Waals surface area contributed by atoms with Crippen molar-refractivity contribution in [3.05, 3.63) is 70.1 Å². The molecule has 0 amide bonds. The Balaban J connectivity index is 1.97. The number of aromatic nitrogens is 3. The number of rotatable bonds is 2. The van der Waals surface area contributed by atoms with Gasteiger partial charge in [-0.3, -0.25) is 9.89 Å². The van der Waals surface area contributed by atoms with Gasteiger partial charge in [0.2, 0.25) is 0 Å². The van der Waals surface area contributed by atoms with Crippen LogP contribution in [0.25, 0.3) is 27.2 Å². The Hall–Kier alpha value is -2.87. The lowest BCUT2D eigenvalue weighted by Crippen LogP contribution is -2.14. The van der Waals surface area contributed by atoms with Gasteiger partial charge in [0.15, 0.2) is 5.65 Å². The zero-order valence-corrected chi connectivity index (χ0v) is 13.4. The third kappa shape index (κ3) is 2.64. The zero-order chi connectivity index (χ0) is 17.6. The van der Waals surface area contributed by atoms with Crippen LogP contribution >= 0.6 is 11.3 Å². The van der Waals surface area contributed by atoms with Crippen LogP contribution in [0.15, 0.2) is 58.8 Å². The van der Waals surface area contributed by atoms with Gasteiger partial charge < -0.3 is 0 Å². The molecule has 0 aliphatic rings. The molecule has 0 aliphatic carbocycles. The first-order valence-corrected chi connectivity index (χ1v) is 8.14. The number of thiophene rings is 1. The highest BCUT2D eigenvalue weighted by Crippen LogP contribution is 2.41. The molecule has 1 aromatic carbocycles. The Morgan fingerprint density at radius 1 is 1.08 bits per heavy atom. The van der Waals surface area contributed by atoms with E-state index < -0.39 is 17.4 Å². The van der Waals surface area contributed by atoms with Crippen molar-refractivity contribution in [2.75, 3.05) is 0 Å². The van der Waals surface area contributed by atoms with Crippen LogP contribution < -0.4 is 5.56 Å². The first kappa shape index (κ1) is 15.6. The molecule has 0 saturated carbocycles. The van der Waals surface area contributed by atoms with Crippen molar-refractivity contribution in [2.45, 2.75) is 6.18 Å². The predicted molar refractivity (Wildman–Crippen MR) is 89.6 cm³/mol. The summed E-state index contributed by atoms with van der Waals surface area (Å²) >= 11 is 1.18. The van der Waals surface area contributed by atoms with Crippen molar-refractivity contribution in [2.24, 2.45) is 0 Å². The van der Waals surface area contributed by atoms with E-state index in [1.807, 2.05) is 30.3 Å². The maximum Gasteiger partial charge on any atom is 0.433 e. The summed E-state index contributed by atoms with van der Waals surface area (Å²) in [5, 5.41) is 3.93. The maximum atomic E-state index is 13.5. The molecular weight excluding hydrogens is 351 g/mol. The fourth-order valence-electron chi connectivity index (χ4n) is 2.66. The van der Waals surface area contributed by atoms with Crippen LogP contribution in [0.4, 0.5) is 13.2 Å². The van der Waals surface area contributed by atoms with E-state index in [0.29, 0.717) is 4.88 Å². The van der Waals surface area contributed by atoms with E-state index in [9.17, 15) is 18.0 Å². The Kier molecular flexibility index (Phi) is 3.50. The highest BCUT2D eigenvalue weighted by molar-refractivity contribution is 7.14. The second kappa shape index (κ2) is 5.59. The van der Waals surface area contributed by atoms with Gasteiger partial charge in [-0.1, -0.05) is 30.3 Å². The highest BCUT2D eigenvalue weighted by Gasteiger charge is 2.38. The standard InChI is InChI=1S/C17H10F3N3OS/c18-17(19,20)15-14(16-21-7-6-13(24)23(16)22-15)12-8-11(9-25-12)10-4-2-1-3-5-10/h1-9,22H. The Morgan fingerprint density at radius 2 is 1.84 bits per heavy atom. The molecule has 8 heteroatoms. The van der Waals surface area contributed by atoms with Crippen LogP contribution in [0, 0.1) is 0 Å². The smallest absolute Gasteiger partial charge is 0.284 e. The van der Waals surface area contributed by atoms with Gasteiger partial charge in [0.05, 0.1) is 5.56 Å². The van der Waals surface area contributed by atoms with Crippen molar-refractivity contribution < 1.29 is 13.2 Å². The predicted octanol–water partition coefficient (Wildman–Crippen LogP) is 4.44. The minimum absolute atomic E-state index is 0.0405. The molecule has 3 aromatic heterocycles. The van der Waals surface area contributed by atoms with E-state index in [-0.39, 0.29) is 11.2 Å². The Bertz CT molecular complexity index is 1110. The first-order valence-electron chi connectivity index (χ1n) is 7.26. The molecule has 0 fully saturated rings. The number of halogens is 3. The molecule has 25 heavy (non-hydrogen) atoms. The average Bonchev–Trinajstić information content (AvgIpc) is 3.20. The van der Waals surface area contributed by atoms with E-state index >= 15 is 0 Å². The van der Waals surface area contributed by atoms with Gasteiger partial charge in [-0.25, -0.2) is 9.50 Å². The normalized spacial score (nSPS) is 12.0. The third-order valence-corrected chi connectivity index (χ3v) is 4.73.